The van der Waals surface area contributed by atoms with Gasteiger partial charge in [0.15, 0.2) is 0 Å². The molecular formula is C13H18F3N3O. The Morgan fingerprint density at radius 1 is 1.25 bits per heavy atom. The summed E-state index contributed by atoms with van der Waals surface area (Å²) < 4.78 is 37.9. The first-order valence-electron chi connectivity index (χ1n) is 6.56. The predicted octanol–water partition coefficient (Wildman–Crippen LogP) is 1.60. The average Bonchev–Trinajstić information content (AvgIpc) is 2.38. The molecule has 0 spiro atoms. The van der Waals surface area contributed by atoms with Crippen LogP contribution in [-0.4, -0.2) is 53.8 Å². The van der Waals surface area contributed by atoms with Crippen LogP contribution in [0.2, 0.25) is 0 Å². The molecule has 2 heterocycles. The zero-order valence-corrected chi connectivity index (χ0v) is 11.3. The molecule has 4 nitrogen and oxygen atoms in total. The molecule has 1 aromatic heterocycles. The van der Waals surface area contributed by atoms with Crippen LogP contribution in [0, 0.1) is 0 Å². The third kappa shape index (κ3) is 3.83. The lowest BCUT2D eigenvalue weighted by Crippen LogP contribution is -2.48. The second-order valence-corrected chi connectivity index (χ2v) is 5.02. The number of aliphatic hydroxyl groups excluding tert-OH is 1. The molecule has 1 aliphatic rings. The molecule has 2 rings (SSSR count). The minimum Gasteiger partial charge on any atom is -0.392 e. The van der Waals surface area contributed by atoms with Gasteiger partial charge in [0.05, 0.1) is 6.10 Å². The van der Waals surface area contributed by atoms with Gasteiger partial charge in [-0.3, -0.25) is 4.90 Å². The zero-order chi connectivity index (χ0) is 14.8. The maximum Gasteiger partial charge on any atom is 0.433 e. The van der Waals surface area contributed by atoms with E-state index in [0.717, 1.165) is 6.07 Å². The van der Waals surface area contributed by atoms with E-state index in [9.17, 15) is 18.3 Å². The van der Waals surface area contributed by atoms with E-state index in [1.54, 1.807) is 13.0 Å². The monoisotopic (exact) mass is 289 g/mol. The van der Waals surface area contributed by atoms with Gasteiger partial charge in [-0.2, -0.15) is 13.2 Å². The Balaban J connectivity index is 2.00. The van der Waals surface area contributed by atoms with Crippen LogP contribution in [0.5, 0.6) is 0 Å². The van der Waals surface area contributed by atoms with E-state index in [0.29, 0.717) is 38.5 Å². The van der Waals surface area contributed by atoms with Crippen molar-refractivity contribution in [2.75, 3.05) is 37.6 Å². The highest BCUT2D eigenvalue weighted by Gasteiger charge is 2.33. The molecule has 1 saturated heterocycles. The largest absolute Gasteiger partial charge is 0.433 e. The molecule has 0 saturated carbocycles. The molecule has 1 aromatic rings. The number of halogens is 3. The van der Waals surface area contributed by atoms with Gasteiger partial charge >= 0.3 is 6.18 Å². The third-order valence-corrected chi connectivity index (χ3v) is 3.24. The first-order valence-corrected chi connectivity index (χ1v) is 6.56. The van der Waals surface area contributed by atoms with Crippen molar-refractivity contribution in [3.63, 3.8) is 0 Å². The Morgan fingerprint density at radius 3 is 2.45 bits per heavy atom. The maximum absolute atomic E-state index is 12.6. The standard InChI is InChI=1S/C13H18F3N3O/c1-10(20)9-18-5-7-19(8-6-18)12-4-2-3-11(17-12)13(14,15)16/h2-4,10,20H,5-9H2,1H3/t10-/m1/s1. The van der Waals surface area contributed by atoms with Crippen LogP contribution in [0.1, 0.15) is 12.6 Å². The van der Waals surface area contributed by atoms with Crippen LogP contribution in [0.25, 0.3) is 0 Å². The Kier molecular flexibility index (Phi) is 4.49. The lowest BCUT2D eigenvalue weighted by molar-refractivity contribution is -0.141. The fraction of sp³-hybridized carbons (Fsp3) is 0.615. The van der Waals surface area contributed by atoms with Crippen molar-refractivity contribution in [1.82, 2.24) is 9.88 Å². The zero-order valence-electron chi connectivity index (χ0n) is 11.3. The maximum atomic E-state index is 12.6. The van der Waals surface area contributed by atoms with Crippen LogP contribution in [0.4, 0.5) is 19.0 Å². The summed E-state index contributed by atoms with van der Waals surface area (Å²) in [5.41, 5.74) is -0.860. The van der Waals surface area contributed by atoms with Gasteiger partial charge in [0.1, 0.15) is 11.5 Å². The molecule has 0 aromatic carbocycles. The highest BCUT2D eigenvalue weighted by atomic mass is 19.4. The van der Waals surface area contributed by atoms with Gasteiger partial charge in [-0.05, 0) is 19.1 Å². The Bertz CT molecular complexity index is 443. The minimum atomic E-state index is -4.41. The summed E-state index contributed by atoms with van der Waals surface area (Å²) in [5.74, 6) is 0.358. The van der Waals surface area contributed by atoms with Crippen molar-refractivity contribution in [2.24, 2.45) is 0 Å². The first-order chi connectivity index (χ1) is 9.36. The molecule has 1 fully saturated rings. The highest BCUT2D eigenvalue weighted by molar-refractivity contribution is 5.40. The number of anilines is 1. The molecule has 1 aliphatic heterocycles. The number of aromatic nitrogens is 1. The van der Waals surface area contributed by atoms with Crippen molar-refractivity contribution >= 4 is 5.82 Å². The number of piperazine rings is 1. The summed E-state index contributed by atoms with van der Waals surface area (Å²) in [4.78, 5) is 7.62. The normalized spacial score (nSPS) is 19.1. The molecule has 112 valence electrons. The molecule has 0 aliphatic carbocycles. The number of aliphatic hydroxyl groups is 1. The van der Waals surface area contributed by atoms with Crippen molar-refractivity contribution in [1.29, 1.82) is 0 Å². The SMILES string of the molecule is C[C@@H](O)CN1CCN(c2cccc(C(F)(F)F)n2)CC1. The minimum absolute atomic E-state index is 0.358. The van der Waals surface area contributed by atoms with Crippen LogP contribution >= 0.6 is 0 Å². The van der Waals surface area contributed by atoms with E-state index in [2.05, 4.69) is 9.88 Å². The van der Waals surface area contributed by atoms with E-state index in [4.69, 9.17) is 0 Å². The highest BCUT2D eigenvalue weighted by Crippen LogP contribution is 2.29. The second-order valence-electron chi connectivity index (χ2n) is 5.02. The second kappa shape index (κ2) is 5.97. The van der Waals surface area contributed by atoms with Crippen molar-refractivity contribution < 1.29 is 18.3 Å². The third-order valence-electron chi connectivity index (χ3n) is 3.24. The van der Waals surface area contributed by atoms with E-state index in [-0.39, 0.29) is 0 Å². The van der Waals surface area contributed by atoms with E-state index in [1.807, 2.05) is 4.90 Å². The Labute approximate surface area is 115 Å². The van der Waals surface area contributed by atoms with Crippen molar-refractivity contribution in [2.45, 2.75) is 19.2 Å². The summed E-state index contributed by atoms with van der Waals surface area (Å²) in [6, 6.07) is 3.96. The summed E-state index contributed by atoms with van der Waals surface area (Å²) in [7, 11) is 0. The summed E-state index contributed by atoms with van der Waals surface area (Å²) >= 11 is 0. The molecule has 0 bridgehead atoms. The lowest BCUT2D eigenvalue weighted by atomic mass is 10.2. The van der Waals surface area contributed by atoms with Gasteiger partial charge in [0.2, 0.25) is 0 Å². The van der Waals surface area contributed by atoms with Crippen molar-refractivity contribution in [3.05, 3.63) is 23.9 Å². The van der Waals surface area contributed by atoms with E-state index >= 15 is 0 Å². The van der Waals surface area contributed by atoms with Gasteiger partial charge in [-0.25, -0.2) is 4.98 Å². The molecule has 7 heteroatoms. The fourth-order valence-corrected chi connectivity index (χ4v) is 2.29. The van der Waals surface area contributed by atoms with Gasteiger partial charge in [0.25, 0.3) is 0 Å². The molecule has 1 atom stereocenters. The topological polar surface area (TPSA) is 39.6 Å². The molecular weight excluding hydrogens is 271 g/mol. The predicted molar refractivity (Wildman–Crippen MR) is 69.6 cm³/mol. The molecule has 0 radical (unpaired) electrons. The molecule has 20 heavy (non-hydrogen) atoms. The number of hydrogen-bond acceptors (Lipinski definition) is 4. The smallest absolute Gasteiger partial charge is 0.392 e. The van der Waals surface area contributed by atoms with Crippen LogP contribution in [0.3, 0.4) is 0 Å². The van der Waals surface area contributed by atoms with Gasteiger partial charge in [0, 0.05) is 32.7 Å². The number of rotatable bonds is 3. The van der Waals surface area contributed by atoms with Crippen LogP contribution < -0.4 is 4.90 Å². The van der Waals surface area contributed by atoms with Gasteiger partial charge in [-0.15, -0.1) is 0 Å². The molecule has 1 N–H and O–H groups in total. The van der Waals surface area contributed by atoms with Crippen molar-refractivity contribution in [3.8, 4) is 0 Å². The lowest BCUT2D eigenvalue weighted by Gasteiger charge is -2.36. The first kappa shape index (κ1) is 15.1. The quantitative estimate of drug-likeness (QED) is 0.917. The number of hydrogen-bond donors (Lipinski definition) is 1. The molecule has 0 amide bonds. The Hall–Kier alpha value is -1.34. The van der Waals surface area contributed by atoms with Crippen LogP contribution in [0.15, 0.2) is 18.2 Å². The van der Waals surface area contributed by atoms with Gasteiger partial charge in [-0.1, -0.05) is 6.07 Å². The summed E-state index contributed by atoms with van der Waals surface area (Å²) in [6.07, 6.45) is -4.81. The molecule has 0 unspecified atom stereocenters. The summed E-state index contributed by atoms with van der Waals surface area (Å²) in [6.45, 7) is 4.96. The average molecular weight is 289 g/mol. The summed E-state index contributed by atoms with van der Waals surface area (Å²) in [5, 5.41) is 9.32. The van der Waals surface area contributed by atoms with Crippen LogP contribution in [-0.2, 0) is 6.18 Å². The fourth-order valence-electron chi connectivity index (χ4n) is 2.29. The van der Waals surface area contributed by atoms with Gasteiger partial charge < -0.3 is 10.0 Å². The van der Waals surface area contributed by atoms with E-state index in [1.165, 1.54) is 6.07 Å². The number of nitrogens with zero attached hydrogens (tertiary/aromatic N) is 3. The number of pyridine rings is 1. The van der Waals surface area contributed by atoms with E-state index < -0.39 is 18.0 Å². The number of β-amino-alcohol motifs (C(OH)–C–C–N with tert-alkyl or cyclic N) is 1. The Morgan fingerprint density at radius 2 is 1.90 bits per heavy atom. The number of alkyl halides is 3.